The van der Waals surface area contributed by atoms with Gasteiger partial charge in [0.1, 0.15) is 25.2 Å². The molecular formula is C37H41IN6O6. The second-order valence-corrected chi connectivity index (χ2v) is 13.1. The van der Waals surface area contributed by atoms with Crippen molar-refractivity contribution < 1.29 is 57.3 Å². The maximum atomic E-state index is 14.3. The number of rotatable bonds is 12. The summed E-state index contributed by atoms with van der Waals surface area (Å²) in [5, 5.41) is 2.85. The Balaban J connectivity index is 0.00000562. The van der Waals surface area contributed by atoms with Crippen LogP contribution < -0.4 is 39.6 Å². The molecule has 0 aliphatic carbocycles. The fourth-order valence-electron chi connectivity index (χ4n) is 5.81. The molecule has 50 heavy (non-hydrogen) atoms. The zero-order valence-corrected chi connectivity index (χ0v) is 30.6. The number of nitrogens with zero attached hydrogens (tertiary/aromatic N) is 4. The van der Waals surface area contributed by atoms with Gasteiger partial charge in [-0.2, -0.15) is 4.57 Å². The molecule has 0 spiro atoms. The van der Waals surface area contributed by atoms with Gasteiger partial charge in [-0.15, -0.1) is 0 Å². The number of benzene rings is 2. The van der Waals surface area contributed by atoms with Gasteiger partial charge in [0.05, 0.1) is 16.8 Å². The molecule has 2 aliphatic rings. The van der Waals surface area contributed by atoms with Crippen molar-refractivity contribution in [3.63, 3.8) is 0 Å². The molecule has 2 aliphatic heterocycles. The first-order chi connectivity index (χ1) is 23.3. The van der Waals surface area contributed by atoms with Crippen LogP contribution in [0.15, 0.2) is 96.4 Å². The molecular weight excluding hydrogens is 751 g/mol. The predicted octanol–water partition coefficient (Wildman–Crippen LogP) is -0.725. The zero-order chi connectivity index (χ0) is 35.3. The summed E-state index contributed by atoms with van der Waals surface area (Å²) in [7, 11) is 0. The van der Waals surface area contributed by atoms with Gasteiger partial charge >= 0.3 is 0 Å². The third-order valence-electron chi connectivity index (χ3n) is 8.20. The Morgan fingerprint density at radius 1 is 1.00 bits per heavy atom. The molecule has 0 unspecified atom stereocenters. The number of amides is 4. The van der Waals surface area contributed by atoms with Crippen LogP contribution in [0.4, 0.5) is 0 Å². The van der Waals surface area contributed by atoms with E-state index in [1.807, 2.05) is 64.1 Å². The van der Waals surface area contributed by atoms with E-state index in [2.05, 4.69) is 10.3 Å². The van der Waals surface area contributed by atoms with Crippen LogP contribution in [0.1, 0.15) is 49.2 Å². The highest BCUT2D eigenvalue weighted by Gasteiger charge is 2.42. The number of carbonyl (C=O) groups excluding carboxylic acids is 5. The molecule has 1 aromatic heterocycles. The fraction of sp³-hybridized carbons (Fsp3) is 0.324. The van der Waals surface area contributed by atoms with Crippen molar-refractivity contribution in [2.24, 2.45) is 16.6 Å². The highest BCUT2D eigenvalue weighted by molar-refractivity contribution is 6.39. The second kappa shape index (κ2) is 16.2. The Morgan fingerprint density at radius 3 is 2.18 bits per heavy atom. The summed E-state index contributed by atoms with van der Waals surface area (Å²) >= 11 is 0. The summed E-state index contributed by atoms with van der Waals surface area (Å²) < 4.78 is 7.17. The van der Waals surface area contributed by atoms with Crippen LogP contribution in [-0.4, -0.2) is 75.9 Å². The summed E-state index contributed by atoms with van der Waals surface area (Å²) in [6, 6.07) is 19.5. The number of hydrogen-bond donors (Lipinski definition) is 2. The minimum atomic E-state index is -0.999. The van der Waals surface area contributed by atoms with Crippen molar-refractivity contribution in [1.29, 1.82) is 0 Å². The minimum absolute atomic E-state index is 0. The van der Waals surface area contributed by atoms with Gasteiger partial charge in [0.25, 0.3) is 23.6 Å². The third-order valence-corrected chi connectivity index (χ3v) is 8.20. The van der Waals surface area contributed by atoms with Crippen molar-refractivity contribution in [3.8, 4) is 0 Å². The normalized spacial score (nSPS) is 17.2. The van der Waals surface area contributed by atoms with Crippen molar-refractivity contribution in [2.75, 3.05) is 13.2 Å². The Kier molecular flexibility index (Phi) is 12.3. The van der Waals surface area contributed by atoms with Crippen molar-refractivity contribution >= 4 is 41.0 Å². The first kappa shape index (κ1) is 37.9. The van der Waals surface area contributed by atoms with Crippen molar-refractivity contribution in [1.82, 2.24) is 15.1 Å². The quantitative estimate of drug-likeness (QED) is 0.182. The number of ether oxygens (including phenoxy) is 1. The minimum Gasteiger partial charge on any atom is -1.00 e. The van der Waals surface area contributed by atoms with Crippen LogP contribution >= 0.6 is 0 Å². The monoisotopic (exact) mass is 792 g/mol. The van der Waals surface area contributed by atoms with E-state index in [0.717, 1.165) is 5.56 Å². The van der Waals surface area contributed by atoms with Crippen LogP contribution in [0.5, 0.6) is 0 Å². The highest BCUT2D eigenvalue weighted by atomic mass is 127. The SMILES string of the molecule is CC(C)[C@@H]1C(=O)N(CC(=O)N[C@@H](Cc2ccccc2)C(=O)C2=NC(C)(C)CO2)C(c2ccccc2)=CN1C(=O)c1cc[n+](CC(N)=O)cc1.[I-]. The van der Waals surface area contributed by atoms with Crippen LogP contribution in [0.2, 0.25) is 0 Å². The molecule has 3 aromatic rings. The molecule has 0 radical (unpaired) electrons. The largest absolute Gasteiger partial charge is 1.00 e. The first-order valence-electron chi connectivity index (χ1n) is 16.1. The van der Waals surface area contributed by atoms with E-state index < -0.39 is 53.6 Å². The van der Waals surface area contributed by atoms with Gasteiger partial charge < -0.3 is 44.7 Å². The lowest BCUT2D eigenvalue weighted by Crippen LogP contribution is -3.00. The molecule has 262 valence electrons. The molecule has 0 fully saturated rings. The molecule has 4 amide bonds. The van der Waals surface area contributed by atoms with E-state index in [9.17, 15) is 24.0 Å². The Hall–Kier alpha value is -4.92. The molecule has 13 heteroatoms. The van der Waals surface area contributed by atoms with Gasteiger partial charge in [-0.3, -0.25) is 28.9 Å². The number of hydrogen-bond acceptors (Lipinski definition) is 7. The van der Waals surface area contributed by atoms with Crippen molar-refractivity contribution in [3.05, 3.63) is 108 Å². The van der Waals surface area contributed by atoms with Crippen LogP contribution in [-0.2, 0) is 36.9 Å². The van der Waals surface area contributed by atoms with Crippen LogP contribution in [0.25, 0.3) is 5.70 Å². The fourth-order valence-corrected chi connectivity index (χ4v) is 5.81. The van der Waals surface area contributed by atoms with Gasteiger partial charge in [0, 0.05) is 24.8 Å². The van der Waals surface area contributed by atoms with Crippen LogP contribution in [0.3, 0.4) is 0 Å². The average molecular weight is 793 g/mol. The zero-order valence-electron chi connectivity index (χ0n) is 28.4. The summed E-state index contributed by atoms with van der Waals surface area (Å²) in [4.78, 5) is 74.3. The molecule has 0 saturated heterocycles. The molecule has 2 aromatic carbocycles. The molecule has 0 bridgehead atoms. The number of nitrogens with two attached hydrogens (primary N) is 1. The number of halogens is 1. The predicted molar refractivity (Wildman–Crippen MR) is 181 cm³/mol. The number of ketones is 1. The molecule has 2 atom stereocenters. The standard InChI is InChI=1S/C37H40N6O6.HI/c1-24(2)32-36(48)42(22-31(45)39-28(19-25-11-7-5-8-12-25)33(46)34-40-37(3,4)23-49-34)29(26-13-9-6-10-14-26)20-43(32)35(47)27-15-17-41(18-16-27)21-30(38)44;/h5-18,20,24,28,32H,19,21-23H2,1-4H3,(H2-,38,39,44,45);1H/t28-,32+;/m0./s1. The topological polar surface area (TPSA) is 155 Å². The number of nitrogens with one attached hydrogen (secondary N) is 1. The maximum absolute atomic E-state index is 14.3. The summed E-state index contributed by atoms with van der Waals surface area (Å²) in [5.74, 6) is -2.78. The Labute approximate surface area is 308 Å². The first-order valence-corrected chi connectivity index (χ1v) is 16.1. The highest BCUT2D eigenvalue weighted by Crippen LogP contribution is 2.31. The van der Waals surface area contributed by atoms with E-state index in [1.165, 1.54) is 9.80 Å². The van der Waals surface area contributed by atoms with E-state index in [4.69, 9.17) is 10.5 Å². The van der Waals surface area contributed by atoms with Gasteiger partial charge in [-0.05, 0) is 30.9 Å². The number of aliphatic imine (C=N–C) groups is 1. The van der Waals surface area contributed by atoms with Crippen LogP contribution in [0, 0.1) is 5.92 Å². The van der Waals surface area contributed by atoms with Gasteiger partial charge in [-0.1, -0.05) is 74.5 Å². The molecule has 3 N–H and O–H groups in total. The second-order valence-electron chi connectivity index (χ2n) is 13.1. The summed E-state index contributed by atoms with van der Waals surface area (Å²) in [5.41, 5.74) is 6.82. The lowest BCUT2D eigenvalue weighted by Gasteiger charge is -2.41. The van der Waals surface area contributed by atoms with Gasteiger partial charge in [0.2, 0.25) is 18.2 Å². The molecule has 5 rings (SSSR count). The van der Waals surface area contributed by atoms with Gasteiger partial charge in [-0.25, -0.2) is 4.99 Å². The Morgan fingerprint density at radius 2 is 1.62 bits per heavy atom. The van der Waals surface area contributed by atoms with E-state index in [0.29, 0.717) is 16.8 Å². The number of primary amides is 1. The van der Waals surface area contributed by atoms with E-state index >= 15 is 0 Å². The number of pyridine rings is 1. The molecule has 12 nitrogen and oxygen atoms in total. The lowest BCUT2D eigenvalue weighted by molar-refractivity contribution is -0.684. The van der Waals surface area contributed by atoms with Gasteiger partial charge in [0.15, 0.2) is 12.4 Å². The van der Waals surface area contributed by atoms with E-state index in [-0.39, 0.29) is 55.4 Å². The number of aromatic nitrogens is 1. The maximum Gasteiger partial charge on any atom is 0.283 e. The molecule has 3 heterocycles. The summed E-state index contributed by atoms with van der Waals surface area (Å²) in [6.45, 7) is 7.16. The summed E-state index contributed by atoms with van der Waals surface area (Å²) in [6.07, 6.45) is 4.93. The smallest absolute Gasteiger partial charge is 0.283 e. The number of carbonyl (C=O) groups is 5. The average Bonchev–Trinajstić information content (AvgIpc) is 3.44. The Bertz CT molecular complexity index is 1790. The lowest BCUT2D eigenvalue weighted by atomic mass is 9.96. The van der Waals surface area contributed by atoms with E-state index in [1.54, 1.807) is 59.6 Å². The molecule has 0 saturated carbocycles. The number of Topliss-reactive ketones (excluding diaryl/α,β-unsaturated/α-hetero) is 1. The third kappa shape index (κ3) is 9.00. The van der Waals surface area contributed by atoms with Crippen molar-refractivity contribution in [2.45, 2.75) is 58.3 Å².